The van der Waals surface area contributed by atoms with Crippen molar-refractivity contribution in [2.24, 2.45) is 0 Å². The molecule has 2 aromatic carbocycles. The number of hydrogen-bond acceptors (Lipinski definition) is 2. The average molecular weight is 266 g/mol. The third kappa shape index (κ3) is 2.48. The van der Waals surface area contributed by atoms with Gasteiger partial charge < -0.3 is 5.32 Å². The summed E-state index contributed by atoms with van der Waals surface area (Å²) in [4.78, 5) is 4.40. The first-order valence-corrected chi connectivity index (χ1v) is 6.57. The molecule has 1 aromatic heterocycles. The number of halogens is 1. The summed E-state index contributed by atoms with van der Waals surface area (Å²) in [6.45, 7) is 2.43. The molecule has 1 N–H and O–H groups in total. The van der Waals surface area contributed by atoms with E-state index in [0.717, 1.165) is 22.2 Å². The molecule has 0 amide bonds. The van der Waals surface area contributed by atoms with Gasteiger partial charge in [-0.05, 0) is 36.2 Å². The Bertz CT molecular complexity index is 748. The molecule has 2 nitrogen and oxygen atoms in total. The number of pyridine rings is 1. The number of rotatable bonds is 3. The minimum Gasteiger partial charge on any atom is -0.379 e. The number of aromatic nitrogens is 1. The van der Waals surface area contributed by atoms with Crippen LogP contribution < -0.4 is 5.32 Å². The van der Waals surface area contributed by atoms with Crippen LogP contribution in [0.1, 0.15) is 11.1 Å². The Hall–Kier alpha value is -2.42. The van der Waals surface area contributed by atoms with Crippen LogP contribution in [0, 0.1) is 12.7 Å². The van der Waals surface area contributed by atoms with Crippen molar-refractivity contribution in [3.63, 3.8) is 0 Å². The largest absolute Gasteiger partial charge is 0.379 e. The number of nitrogens with one attached hydrogen (secondary N) is 1. The third-order valence-electron chi connectivity index (χ3n) is 3.34. The van der Waals surface area contributed by atoms with Gasteiger partial charge in [0, 0.05) is 18.1 Å². The Labute approximate surface area is 117 Å². The van der Waals surface area contributed by atoms with E-state index in [9.17, 15) is 4.39 Å². The summed E-state index contributed by atoms with van der Waals surface area (Å²) in [7, 11) is 0. The van der Waals surface area contributed by atoms with Crippen molar-refractivity contribution in [1.82, 2.24) is 4.98 Å². The normalized spacial score (nSPS) is 10.7. The van der Waals surface area contributed by atoms with Crippen LogP contribution in [-0.4, -0.2) is 4.98 Å². The zero-order valence-corrected chi connectivity index (χ0v) is 11.2. The molecule has 0 radical (unpaired) electrons. The van der Waals surface area contributed by atoms with Crippen molar-refractivity contribution >= 4 is 16.6 Å². The first kappa shape index (κ1) is 12.6. The molecule has 3 aromatic rings. The number of hydrogen-bond donors (Lipinski definition) is 1. The fourth-order valence-corrected chi connectivity index (χ4v) is 2.26. The second-order valence-electron chi connectivity index (χ2n) is 4.82. The Morgan fingerprint density at radius 2 is 1.95 bits per heavy atom. The highest BCUT2D eigenvalue weighted by atomic mass is 19.1. The second-order valence-corrected chi connectivity index (χ2v) is 4.82. The van der Waals surface area contributed by atoms with E-state index < -0.39 is 0 Å². The van der Waals surface area contributed by atoms with E-state index in [0.29, 0.717) is 12.1 Å². The van der Waals surface area contributed by atoms with Crippen LogP contribution in [0.4, 0.5) is 10.1 Å². The molecule has 0 atom stereocenters. The summed E-state index contributed by atoms with van der Waals surface area (Å²) in [5.41, 5.74) is 3.66. The van der Waals surface area contributed by atoms with Crippen LogP contribution in [0.5, 0.6) is 0 Å². The molecule has 0 bridgehead atoms. The molecule has 0 saturated heterocycles. The van der Waals surface area contributed by atoms with Crippen LogP contribution >= 0.6 is 0 Å². The quantitative estimate of drug-likeness (QED) is 0.764. The summed E-state index contributed by atoms with van der Waals surface area (Å²) in [6, 6.07) is 15.2. The predicted octanol–water partition coefficient (Wildman–Crippen LogP) is 4.29. The molecule has 3 heteroatoms. The molecule has 0 saturated carbocycles. The van der Waals surface area contributed by atoms with Crippen molar-refractivity contribution in [2.75, 3.05) is 5.32 Å². The lowest BCUT2D eigenvalue weighted by Gasteiger charge is -2.09. The van der Waals surface area contributed by atoms with Crippen molar-refractivity contribution in [3.8, 4) is 0 Å². The lowest BCUT2D eigenvalue weighted by Crippen LogP contribution is -2.01. The van der Waals surface area contributed by atoms with Gasteiger partial charge in [-0.25, -0.2) is 4.39 Å². The molecular weight excluding hydrogens is 251 g/mol. The number of aryl methyl sites for hydroxylation is 1. The van der Waals surface area contributed by atoms with E-state index >= 15 is 0 Å². The summed E-state index contributed by atoms with van der Waals surface area (Å²) in [6.07, 6.45) is 1.79. The SMILES string of the molecule is Cc1cc(CNc2cccc3cccnc23)ccc1F. The molecule has 20 heavy (non-hydrogen) atoms. The maximum absolute atomic E-state index is 13.2. The molecule has 0 aliphatic rings. The van der Waals surface area contributed by atoms with Gasteiger partial charge in [0.25, 0.3) is 0 Å². The molecule has 0 spiro atoms. The first-order chi connectivity index (χ1) is 9.74. The summed E-state index contributed by atoms with van der Waals surface area (Å²) < 4.78 is 13.2. The smallest absolute Gasteiger partial charge is 0.126 e. The maximum Gasteiger partial charge on any atom is 0.126 e. The molecule has 0 unspecified atom stereocenters. The van der Waals surface area contributed by atoms with Crippen LogP contribution in [0.25, 0.3) is 10.9 Å². The number of fused-ring (bicyclic) bond motifs is 1. The summed E-state index contributed by atoms with van der Waals surface area (Å²) in [5.74, 6) is -0.166. The molecule has 0 aliphatic heterocycles. The van der Waals surface area contributed by atoms with Crippen molar-refractivity contribution < 1.29 is 4.39 Å². The molecular formula is C17H15FN2. The first-order valence-electron chi connectivity index (χ1n) is 6.57. The monoisotopic (exact) mass is 266 g/mol. The maximum atomic E-state index is 13.2. The number of benzene rings is 2. The van der Waals surface area contributed by atoms with Gasteiger partial charge in [0.2, 0.25) is 0 Å². The molecule has 0 fully saturated rings. The summed E-state index contributed by atoms with van der Waals surface area (Å²) >= 11 is 0. The third-order valence-corrected chi connectivity index (χ3v) is 3.34. The number of nitrogens with zero attached hydrogens (tertiary/aromatic N) is 1. The topological polar surface area (TPSA) is 24.9 Å². The van der Waals surface area contributed by atoms with E-state index in [1.165, 1.54) is 6.07 Å². The number of para-hydroxylation sites is 1. The van der Waals surface area contributed by atoms with Gasteiger partial charge >= 0.3 is 0 Å². The molecule has 100 valence electrons. The van der Waals surface area contributed by atoms with Crippen molar-refractivity contribution in [1.29, 1.82) is 0 Å². The van der Waals surface area contributed by atoms with Crippen LogP contribution in [0.2, 0.25) is 0 Å². The zero-order valence-electron chi connectivity index (χ0n) is 11.2. The molecule has 1 heterocycles. The second kappa shape index (κ2) is 5.29. The van der Waals surface area contributed by atoms with Crippen molar-refractivity contribution in [3.05, 3.63) is 71.7 Å². The highest BCUT2D eigenvalue weighted by Crippen LogP contribution is 2.21. The Morgan fingerprint density at radius 3 is 2.80 bits per heavy atom. The van der Waals surface area contributed by atoms with E-state index in [-0.39, 0.29) is 5.82 Å². The van der Waals surface area contributed by atoms with Gasteiger partial charge in [-0.1, -0.05) is 30.3 Å². The number of anilines is 1. The van der Waals surface area contributed by atoms with Crippen LogP contribution in [0.3, 0.4) is 0 Å². The molecule has 0 aliphatic carbocycles. The summed E-state index contributed by atoms with van der Waals surface area (Å²) in [5, 5.41) is 4.47. The predicted molar refractivity (Wildman–Crippen MR) is 80.2 cm³/mol. The van der Waals surface area contributed by atoms with Gasteiger partial charge in [0.15, 0.2) is 0 Å². The van der Waals surface area contributed by atoms with E-state index in [2.05, 4.69) is 10.3 Å². The fraction of sp³-hybridized carbons (Fsp3) is 0.118. The Kier molecular flexibility index (Phi) is 3.33. The minimum atomic E-state index is -0.166. The Balaban J connectivity index is 1.85. The zero-order chi connectivity index (χ0) is 13.9. The lowest BCUT2D eigenvalue weighted by atomic mass is 10.1. The van der Waals surface area contributed by atoms with E-state index in [4.69, 9.17) is 0 Å². The molecule has 3 rings (SSSR count). The average Bonchev–Trinajstić information content (AvgIpc) is 2.48. The standard InChI is InChI=1S/C17H15FN2/c1-12-10-13(7-8-15(12)18)11-20-16-6-2-4-14-5-3-9-19-17(14)16/h2-10,20H,11H2,1H3. The fourth-order valence-electron chi connectivity index (χ4n) is 2.26. The van der Waals surface area contributed by atoms with E-state index in [1.54, 1.807) is 19.2 Å². The Morgan fingerprint density at radius 1 is 1.10 bits per heavy atom. The van der Waals surface area contributed by atoms with Gasteiger partial charge in [0.1, 0.15) is 5.82 Å². The van der Waals surface area contributed by atoms with Crippen molar-refractivity contribution in [2.45, 2.75) is 13.5 Å². The minimum absolute atomic E-state index is 0.166. The van der Waals surface area contributed by atoms with Gasteiger partial charge in [0.05, 0.1) is 11.2 Å². The highest BCUT2D eigenvalue weighted by Gasteiger charge is 2.02. The lowest BCUT2D eigenvalue weighted by molar-refractivity contribution is 0.617. The van der Waals surface area contributed by atoms with E-state index in [1.807, 2.05) is 36.4 Å². The van der Waals surface area contributed by atoms with Crippen LogP contribution in [-0.2, 0) is 6.54 Å². The van der Waals surface area contributed by atoms with Gasteiger partial charge in [-0.2, -0.15) is 0 Å². The van der Waals surface area contributed by atoms with Gasteiger partial charge in [-0.15, -0.1) is 0 Å². The highest BCUT2D eigenvalue weighted by molar-refractivity contribution is 5.90. The van der Waals surface area contributed by atoms with Gasteiger partial charge in [-0.3, -0.25) is 4.98 Å². The van der Waals surface area contributed by atoms with Crippen LogP contribution in [0.15, 0.2) is 54.7 Å².